The molecule has 20 heavy (non-hydrogen) atoms. The Morgan fingerprint density at radius 3 is 2.75 bits per heavy atom. The number of halogens is 2. The molecule has 108 valence electrons. The Labute approximate surface area is 130 Å². The van der Waals surface area contributed by atoms with E-state index in [4.69, 9.17) is 21.8 Å². The SMILES string of the molecule is CN(Cc1ccco1)S(=O)(=O)c1cc(Cl)cc(N)c1Br. The lowest BCUT2D eigenvalue weighted by atomic mass is 10.3. The van der Waals surface area contributed by atoms with Gasteiger partial charge < -0.3 is 10.2 Å². The Hall–Kier alpha value is -1.02. The molecule has 0 saturated carbocycles. The van der Waals surface area contributed by atoms with Crippen LogP contribution in [0.25, 0.3) is 0 Å². The molecule has 0 aliphatic carbocycles. The third-order valence-electron chi connectivity index (χ3n) is 2.68. The number of benzene rings is 1. The van der Waals surface area contributed by atoms with Crippen LogP contribution in [0.4, 0.5) is 5.69 Å². The van der Waals surface area contributed by atoms with E-state index in [1.54, 1.807) is 12.1 Å². The minimum Gasteiger partial charge on any atom is -0.468 e. The number of rotatable bonds is 4. The highest BCUT2D eigenvalue weighted by molar-refractivity contribution is 9.10. The highest BCUT2D eigenvalue weighted by Crippen LogP contribution is 2.33. The quantitative estimate of drug-likeness (QED) is 0.828. The molecular weight excluding hydrogens is 368 g/mol. The number of nitrogen functional groups attached to an aromatic ring is 1. The largest absolute Gasteiger partial charge is 0.468 e. The van der Waals surface area contributed by atoms with Gasteiger partial charge in [0, 0.05) is 17.8 Å². The van der Waals surface area contributed by atoms with Gasteiger partial charge in [-0.2, -0.15) is 4.31 Å². The Morgan fingerprint density at radius 1 is 1.45 bits per heavy atom. The van der Waals surface area contributed by atoms with Crippen molar-refractivity contribution in [2.24, 2.45) is 0 Å². The summed E-state index contributed by atoms with van der Waals surface area (Å²) in [5, 5.41) is 0.260. The van der Waals surface area contributed by atoms with Crippen molar-refractivity contribution < 1.29 is 12.8 Å². The third kappa shape index (κ3) is 3.01. The van der Waals surface area contributed by atoms with Crippen molar-refractivity contribution in [1.82, 2.24) is 4.31 Å². The first-order valence-electron chi connectivity index (χ1n) is 5.55. The molecule has 0 saturated heterocycles. The number of nitrogens with two attached hydrogens (primary N) is 1. The van der Waals surface area contributed by atoms with Crippen LogP contribution >= 0.6 is 27.5 Å². The van der Waals surface area contributed by atoms with Crippen molar-refractivity contribution in [3.8, 4) is 0 Å². The van der Waals surface area contributed by atoms with Crippen LogP contribution in [0.5, 0.6) is 0 Å². The van der Waals surface area contributed by atoms with Crippen molar-refractivity contribution in [3.05, 3.63) is 45.8 Å². The van der Waals surface area contributed by atoms with E-state index >= 15 is 0 Å². The van der Waals surface area contributed by atoms with Crippen molar-refractivity contribution in [1.29, 1.82) is 0 Å². The average Bonchev–Trinajstić information content (AvgIpc) is 2.86. The molecular formula is C12H12BrClN2O3S. The summed E-state index contributed by atoms with van der Waals surface area (Å²) in [7, 11) is -2.27. The molecule has 8 heteroatoms. The Kier molecular flexibility index (Phi) is 4.43. The third-order valence-corrected chi connectivity index (χ3v) is 5.87. The van der Waals surface area contributed by atoms with Crippen LogP contribution in [0, 0.1) is 0 Å². The van der Waals surface area contributed by atoms with Crippen LogP contribution in [0.15, 0.2) is 44.3 Å². The number of nitrogens with zero attached hydrogens (tertiary/aromatic N) is 1. The maximum atomic E-state index is 12.5. The number of sulfonamides is 1. The number of hydrogen-bond acceptors (Lipinski definition) is 4. The van der Waals surface area contributed by atoms with Gasteiger partial charge >= 0.3 is 0 Å². The summed E-state index contributed by atoms with van der Waals surface area (Å²) in [5.41, 5.74) is 5.99. The van der Waals surface area contributed by atoms with Gasteiger partial charge in [-0.15, -0.1) is 0 Å². The van der Waals surface area contributed by atoms with E-state index in [0.29, 0.717) is 10.2 Å². The van der Waals surface area contributed by atoms with Crippen LogP contribution in [0.1, 0.15) is 5.76 Å². The van der Waals surface area contributed by atoms with E-state index in [1.807, 2.05) is 0 Å². The second-order valence-electron chi connectivity index (χ2n) is 4.15. The van der Waals surface area contributed by atoms with E-state index in [0.717, 1.165) is 0 Å². The van der Waals surface area contributed by atoms with Crippen molar-refractivity contribution in [2.45, 2.75) is 11.4 Å². The fourth-order valence-electron chi connectivity index (χ4n) is 1.65. The molecule has 2 aromatic rings. The van der Waals surface area contributed by atoms with Gasteiger partial charge in [-0.3, -0.25) is 0 Å². The molecule has 0 atom stereocenters. The lowest BCUT2D eigenvalue weighted by Crippen LogP contribution is -2.26. The van der Waals surface area contributed by atoms with Crippen LogP contribution < -0.4 is 5.73 Å². The van der Waals surface area contributed by atoms with Gasteiger partial charge in [0.25, 0.3) is 0 Å². The standard InChI is InChI=1S/C12H12BrClN2O3S/c1-16(7-9-3-2-4-19-9)20(17,18)11-6-8(14)5-10(15)12(11)13/h2-6H,7,15H2,1H3. The zero-order valence-electron chi connectivity index (χ0n) is 10.5. The first-order valence-corrected chi connectivity index (χ1v) is 8.16. The number of anilines is 1. The highest BCUT2D eigenvalue weighted by atomic mass is 79.9. The Bertz CT molecular complexity index is 717. The highest BCUT2D eigenvalue weighted by Gasteiger charge is 2.25. The van der Waals surface area contributed by atoms with Gasteiger partial charge in [0.2, 0.25) is 10.0 Å². The summed E-state index contributed by atoms with van der Waals surface area (Å²) in [4.78, 5) is 0.0246. The van der Waals surface area contributed by atoms with Crippen molar-refractivity contribution in [2.75, 3.05) is 12.8 Å². The van der Waals surface area contributed by atoms with Crippen LogP contribution in [0.3, 0.4) is 0 Å². The second-order valence-corrected chi connectivity index (χ2v) is 7.39. The van der Waals surface area contributed by atoms with E-state index < -0.39 is 10.0 Å². The lowest BCUT2D eigenvalue weighted by molar-refractivity contribution is 0.406. The van der Waals surface area contributed by atoms with Crippen LogP contribution in [0.2, 0.25) is 5.02 Å². The van der Waals surface area contributed by atoms with Crippen molar-refractivity contribution >= 4 is 43.2 Å². The molecule has 0 aliphatic heterocycles. The summed E-state index contributed by atoms with van der Waals surface area (Å²) in [5.74, 6) is 0.544. The predicted octanol–water partition coefficient (Wildman–Crippen LogP) is 3.10. The summed E-state index contributed by atoms with van der Waals surface area (Å²) in [6.07, 6.45) is 1.49. The molecule has 1 aromatic carbocycles. The van der Waals surface area contributed by atoms with Gasteiger partial charge in [-0.25, -0.2) is 8.42 Å². The second kappa shape index (κ2) is 5.77. The van der Waals surface area contributed by atoms with Crippen LogP contribution in [-0.4, -0.2) is 19.8 Å². The van der Waals surface area contributed by atoms with Crippen LogP contribution in [-0.2, 0) is 16.6 Å². The monoisotopic (exact) mass is 378 g/mol. The molecule has 0 radical (unpaired) electrons. The normalized spacial score (nSPS) is 12.0. The first kappa shape index (κ1) is 15.4. The lowest BCUT2D eigenvalue weighted by Gasteiger charge is -2.17. The summed E-state index contributed by atoms with van der Waals surface area (Å²) >= 11 is 9.06. The average molecular weight is 380 g/mol. The molecule has 0 amide bonds. The maximum absolute atomic E-state index is 12.5. The molecule has 1 aromatic heterocycles. The van der Waals surface area contributed by atoms with E-state index in [2.05, 4.69) is 15.9 Å². The minimum absolute atomic E-state index is 0.0246. The zero-order chi connectivity index (χ0) is 14.9. The fourth-order valence-corrected chi connectivity index (χ4v) is 4.03. The van der Waals surface area contributed by atoms with E-state index in [9.17, 15) is 8.42 Å². The number of furan rings is 1. The minimum atomic E-state index is -3.73. The van der Waals surface area contributed by atoms with E-state index in [-0.39, 0.29) is 22.2 Å². The smallest absolute Gasteiger partial charge is 0.244 e. The van der Waals surface area contributed by atoms with Crippen molar-refractivity contribution in [3.63, 3.8) is 0 Å². The summed E-state index contributed by atoms with van der Waals surface area (Å²) in [6, 6.07) is 6.24. The van der Waals surface area contributed by atoms with Gasteiger partial charge in [0.15, 0.2) is 0 Å². The maximum Gasteiger partial charge on any atom is 0.244 e. The Balaban J connectivity index is 2.40. The molecule has 5 nitrogen and oxygen atoms in total. The fraction of sp³-hybridized carbons (Fsp3) is 0.167. The topological polar surface area (TPSA) is 76.5 Å². The molecule has 0 bridgehead atoms. The number of hydrogen-bond donors (Lipinski definition) is 1. The molecule has 2 N–H and O–H groups in total. The summed E-state index contributed by atoms with van der Waals surface area (Å²) < 4.78 is 31.7. The van der Waals surface area contributed by atoms with E-state index in [1.165, 1.54) is 29.7 Å². The first-order chi connectivity index (χ1) is 9.32. The predicted molar refractivity (Wildman–Crippen MR) is 80.9 cm³/mol. The molecule has 1 heterocycles. The van der Waals surface area contributed by atoms with Gasteiger partial charge in [-0.1, -0.05) is 11.6 Å². The summed E-state index contributed by atoms with van der Waals surface area (Å²) in [6.45, 7) is 0.119. The molecule has 0 fully saturated rings. The van der Waals surface area contributed by atoms with Gasteiger partial charge in [0.1, 0.15) is 5.76 Å². The van der Waals surface area contributed by atoms with Gasteiger partial charge in [-0.05, 0) is 40.2 Å². The molecule has 0 aliphatic rings. The zero-order valence-corrected chi connectivity index (χ0v) is 13.7. The molecule has 0 unspecified atom stereocenters. The Morgan fingerprint density at radius 2 is 2.15 bits per heavy atom. The van der Waals surface area contributed by atoms with Gasteiger partial charge in [0.05, 0.1) is 22.2 Å². The molecule has 2 rings (SSSR count). The molecule has 0 spiro atoms.